The van der Waals surface area contributed by atoms with Crippen LogP contribution >= 0.6 is 0 Å². The summed E-state index contributed by atoms with van der Waals surface area (Å²) in [6.45, 7) is 2.00. The van der Waals surface area contributed by atoms with Gasteiger partial charge >= 0.3 is 0 Å². The van der Waals surface area contributed by atoms with Crippen LogP contribution in [0.2, 0.25) is 0 Å². The molecule has 0 aromatic carbocycles. The Morgan fingerprint density at radius 2 is 2.25 bits per heavy atom. The van der Waals surface area contributed by atoms with Crippen LogP contribution in [0.5, 0.6) is 0 Å². The van der Waals surface area contributed by atoms with Crippen LogP contribution in [-0.2, 0) is 4.74 Å². The minimum atomic E-state index is 0.883. The summed E-state index contributed by atoms with van der Waals surface area (Å²) in [5.41, 5.74) is 0. The molecule has 0 aliphatic rings. The molecule has 2 N–H and O–H groups in total. The molecule has 0 aliphatic heterocycles. The molecule has 0 amide bonds. The second-order valence-corrected chi connectivity index (χ2v) is 1.78. The van der Waals surface area contributed by atoms with Crippen LogP contribution < -0.4 is 5.32 Å². The molecular weight excluding hydrogens is 102 g/mol. The SMILES string of the molecule is [CH2-][NH2+]CCCCOC. The molecule has 2 heteroatoms. The Morgan fingerprint density at radius 3 is 2.75 bits per heavy atom. The number of hydrogen-bond donors (Lipinski definition) is 1. The Balaban J connectivity index is 2.53. The highest BCUT2D eigenvalue weighted by Crippen LogP contribution is 1.83. The van der Waals surface area contributed by atoms with Crippen LogP contribution in [0.4, 0.5) is 0 Å². The number of unbranched alkanes of at least 4 members (excludes halogenated alkanes) is 1. The highest BCUT2D eigenvalue weighted by Gasteiger charge is 1.83. The van der Waals surface area contributed by atoms with Gasteiger partial charge in [-0.3, -0.25) is 0 Å². The quantitative estimate of drug-likeness (QED) is 0.390. The maximum atomic E-state index is 4.85. The van der Waals surface area contributed by atoms with Gasteiger partial charge < -0.3 is 10.1 Å². The van der Waals surface area contributed by atoms with Gasteiger partial charge in [-0.05, 0) is 12.8 Å². The number of ether oxygens (including phenoxy) is 1. The highest BCUT2D eigenvalue weighted by atomic mass is 16.5. The fourth-order valence-corrected chi connectivity index (χ4v) is 0.535. The number of methoxy groups -OCH3 is 1. The Morgan fingerprint density at radius 1 is 1.50 bits per heavy atom. The Labute approximate surface area is 51.2 Å². The van der Waals surface area contributed by atoms with Crippen LogP contribution in [0.1, 0.15) is 12.8 Å². The Bertz CT molecular complexity index is 33.5. The minimum absolute atomic E-state index is 0.883. The van der Waals surface area contributed by atoms with Gasteiger partial charge in [0.15, 0.2) is 0 Å². The zero-order valence-corrected chi connectivity index (χ0v) is 5.52. The summed E-state index contributed by atoms with van der Waals surface area (Å²) in [6, 6.07) is 0. The van der Waals surface area contributed by atoms with Crippen molar-refractivity contribution in [3.63, 3.8) is 0 Å². The van der Waals surface area contributed by atoms with E-state index < -0.39 is 0 Å². The van der Waals surface area contributed by atoms with E-state index in [2.05, 4.69) is 7.05 Å². The first-order valence-corrected chi connectivity index (χ1v) is 3.01. The van der Waals surface area contributed by atoms with Crippen molar-refractivity contribution in [1.29, 1.82) is 0 Å². The number of quaternary nitrogens is 1. The average Bonchev–Trinajstić information content (AvgIpc) is 1.81. The largest absolute Gasteiger partial charge is 0.479 e. The molecule has 0 heterocycles. The lowest BCUT2D eigenvalue weighted by Crippen LogP contribution is -2.76. The summed E-state index contributed by atoms with van der Waals surface area (Å²) < 4.78 is 4.85. The van der Waals surface area contributed by atoms with Crippen LogP contribution in [0.25, 0.3) is 0 Å². The molecule has 0 atom stereocenters. The number of hydrogen-bond acceptors (Lipinski definition) is 1. The van der Waals surface area contributed by atoms with Crippen molar-refractivity contribution in [2.75, 3.05) is 20.3 Å². The maximum absolute atomic E-state index is 4.85. The van der Waals surface area contributed by atoms with Crippen LogP contribution in [0.3, 0.4) is 0 Å². The van der Waals surface area contributed by atoms with Crippen LogP contribution in [0.15, 0.2) is 0 Å². The molecule has 50 valence electrons. The zero-order valence-electron chi connectivity index (χ0n) is 5.52. The van der Waals surface area contributed by atoms with Gasteiger partial charge in [-0.25, -0.2) is 0 Å². The second kappa shape index (κ2) is 6.92. The molecule has 0 saturated heterocycles. The van der Waals surface area contributed by atoms with Gasteiger partial charge in [0.25, 0.3) is 0 Å². The second-order valence-electron chi connectivity index (χ2n) is 1.78. The first kappa shape index (κ1) is 7.92. The molecular formula is C6H15NO. The zero-order chi connectivity index (χ0) is 6.24. The number of rotatable bonds is 5. The van der Waals surface area contributed by atoms with Gasteiger partial charge in [0.05, 0.1) is 6.54 Å². The lowest BCUT2D eigenvalue weighted by molar-refractivity contribution is -0.596. The van der Waals surface area contributed by atoms with Crippen molar-refractivity contribution < 1.29 is 10.1 Å². The fraction of sp³-hybridized carbons (Fsp3) is 0.833. The third-order valence-corrected chi connectivity index (χ3v) is 1.01. The molecule has 0 saturated carbocycles. The number of nitrogens with two attached hydrogens (primary N) is 1. The highest BCUT2D eigenvalue weighted by molar-refractivity contribution is 4.32. The van der Waals surface area contributed by atoms with Crippen molar-refractivity contribution in [3.8, 4) is 0 Å². The maximum Gasteiger partial charge on any atom is 0.0516 e. The van der Waals surface area contributed by atoms with E-state index in [9.17, 15) is 0 Å². The predicted molar refractivity (Wildman–Crippen MR) is 33.3 cm³/mol. The molecule has 0 aromatic heterocycles. The molecule has 8 heavy (non-hydrogen) atoms. The third-order valence-electron chi connectivity index (χ3n) is 1.01. The summed E-state index contributed by atoms with van der Waals surface area (Å²) in [4.78, 5) is 0. The van der Waals surface area contributed by atoms with Crippen molar-refractivity contribution in [2.45, 2.75) is 12.8 Å². The summed E-state index contributed by atoms with van der Waals surface area (Å²) in [7, 11) is 5.35. The van der Waals surface area contributed by atoms with E-state index in [0.717, 1.165) is 19.6 Å². The molecule has 0 unspecified atom stereocenters. The van der Waals surface area contributed by atoms with Crippen molar-refractivity contribution in [2.24, 2.45) is 0 Å². The van der Waals surface area contributed by atoms with Crippen molar-refractivity contribution in [3.05, 3.63) is 7.05 Å². The fourth-order valence-electron chi connectivity index (χ4n) is 0.535. The van der Waals surface area contributed by atoms with Gasteiger partial charge in [-0.2, -0.15) is 7.05 Å². The Hall–Kier alpha value is -0.0800. The minimum Gasteiger partial charge on any atom is -0.479 e. The molecule has 2 nitrogen and oxygen atoms in total. The molecule has 0 rings (SSSR count). The predicted octanol–water partition coefficient (Wildman–Crippen LogP) is -0.232. The molecule has 0 radical (unpaired) electrons. The lowest BCUT2D eigenvalue weighted by Gasteiger charge is -1.98. The van der Waals surface area contributed by atoms with E-state index in [0.29, 0.717) is 0 Å². The van der Waals surface area contributed by atoms with Gasteiger partial charge in [0.2, 0.25) is 0 Å². The molecule has 0 spiro atoms. The molecule has 0 fully saturated rings. The van der Waals surface area contributed by atoms with E-state index in [1.165, 1.54) is 6.42 Å². The summed E-state index contributed by atoms with van der Waals surface area (Å²) >= 11 is 0. The molecule has 0 aromatic rings. The first-order chi connectivity index (χ1) is 3.91. The average molecular weight is 117 g/mol. The van der Waals surface area contributed by atoms with Crippen molar-refractivity contribution >= 4 is 0 Å². The van der Waals surface area contributed by atoms with Crippen molar-refractivity contribution in [1.82, 2.24) is 0 Å². The van der Waals surface area contributed by atoms with Gasteiger partial charge in [-0.15, -0.1) is 0 Å². The molecule has 0 bridgehead atoms. The van der Waals surface area contributed by atoms with E-state index in [1.54, 1.807) is 7.11 Å². The monoisotopic (exact) mass is 117 g/mol. The lowest BCUT2D eigenvalue weighted by atomic mass is 10.3. The van der Waals surface area contributed by atoms with Crippen LogP contribution in [0, 0.1) is 7.05 Å². The van der Waals surface area contributed by atoms with E-state index in [1.807, 2.05) is 5.32 Å². The first-order valence-electron chi connectivity index (χ1n) is 3.01. The van der Waals surface area contributed by atoms with E-state index >= 15 is 0 Å². The Kier molecular flexibility index (Phi) is 6.85. The summed E-state index contributed by atoms with van der Waals surface area (Å²) in [5.74, 6) is 0. The van der Waals surface area contributed by atoms with Crippen LogP contribution in [-0.4, -0.2) is 20.3 Å². The topological polar surface area (TPSA) is 25.8 Å². The third kappa shape index (κ3) is 5.92. The standard InChI is InChI=1S/C6H15NO/c1-7-5-3-4-6-8-2/h1,3-7H2,2H3. The molecule has 0 aliphatic carbocycles. The summed E-state index contributed by atoms with van der Waals surface area (Å²) in [5, 5.41) is 1.94. The van der Waals surface area contributed by atoms with E-state index in [-0.39, 0.29) is 0 Å². The van der Waals surface area contributed by atoms with E-state index in [4.69, 9.17) is 4.74 Å². The summed E-state index contributed by atoms with van der Waals surface area (Å²) in [6.07, 6.45) is 2.36. The van der Waals surface area contributed by atoms with Gasteiger partial charge in [0, 0.05) is 13.7 Å². The van der Waals surface area contributed by atoms with Gasteiger partial charge in [-0.1, -0.05) is 0 Å². The normalized spacial score (nSPS) is 9.75. The van der Waals surface area contributed by atoms with Gasteiger partial charge in [0.1, 0.15) is 0 Å². The smallest absolute Gasteiger partial charge is 0.0516 e.